The molecule has 1 aromatic rings. The van der Waals surface area contributed by atoms with E-state index in [1.807, 2.05) is 0 Å². The van der Waals surface area contributed by atoms with Crippen LogP contribution in [0.5, 0.6) is 0 Å². The number of hydrazine groups is 1. The molecular formula is C12H24N6. The molecule has 0 bridgehead atoms. The Labute approximate surface area is 109 Å². The molecule has 0 unspecified atom stereocenters. The molecule has 0 aliphatic heterocycles. The van der Waals surface area contributed by atoms with Crippen molar-refractivity contribution in [3.63, 3.8) is 0 Å². The van der Waals surface area contributed by atoms with Crippen LogP contribution in [0, 0.1) is 0 Å². The van der Waals surface area contributed by atoms with Crippen molar-refractivity contribution in [2.24, 2.45) is 5.84 Å². The lowest BCUT2D eigenvalue weighted by atomic mass is 10.1. The molecule has 6 heteroatoms. The van der Waals surface area contributed by atoms with Crippen molar-refractivity contribution < 1.29 is 0 Å². The Balaban J connectivity index is 2.68. The minimum Gasteiger partial charge on any atom is -0.368 e. The first-order valence-electron chi connectivity index (χ1n) is 6.45. The van der Waals surface area contributed by atoms with Gasteiger partial charge in [0.1, 0.15) is 18.0 Å². The number of anilines is 2. The fourth-order valence-electron chi connectivity index (χ4n) is 1.70. The van der Waals surface area contributed by atoms with Gasteiger partial charge in [-0.1, -0.05) is 20.3 Å². The normalized spacial score (nSPS) is 10.7. The Kier molecular flexibility index (Phi) is 6.38. The first-order chi connectivity index (χ1) is 8.72. The summed E-state index contributed by atoms with van der Waals surface area (Å²) >= 11 is 0. The number of nitrogens with one attached hydrogen (secondary N) is 2. The molecule has 102 valence electrons. The lowest BCUT2D eigenvalue weighted by Gasteiger charge is -2.16. The zero-order valence-electron chi connectivity index (χ0n) is 11.5. The molecule has 0 amide bonds. The van der Waals surface area contributed by atoms with E-state index >= 15 is 0 Å². The fourth-order valence-corrected chi connectivity index (χ4v) is 1.70. The average Bonchev–Trinajstić information content (AvgIpc) is 2.40. The van der Waals surface area contributed by atoms with E-state index in [2.05, 4.69) is 46.5 Å². The molecule has 0 fully saturated rings. The molecule has 0 aliphatic carbocycles. The third-order valence-corrected chi connectivity index (χ3v) is 2.91. The van der Waals surface area contributed by atoms with Crippen LogP contribution in [0.2, 0.25) is 0 Å². The Morgan fingerprint density at radius 2 is 2.00 bits per heavy atom. The second-order valence-electron chi connectivity index (χ2n) is 4.27. The fraction of sp³-hybridized carbons (Fsp3) is 0.667. The molecule has 4 N–H and O–H groups in total. The number of nitrogen functional groups attached to an aromatic ring is 1. The molecular weight excluding hydrogens is 228 g/mol. The predicted molar refractivity (Wildman–Crippen MR) is 75.5 cm³/mol. The second kappa shape index (κ2) is 7.84. The molecule has 0 atom stereocenters. The summed E-state index contributed by atoms with van der Waals surface area (Å²) in [6.45, 7) is 7.16. The Morgan fingerprint density at radius 1 is 1.28 bits per heavy atom. The highest BCUT2D eigenvalue weighted by atomic mass is 15.3. The molecule has 1 rings (SSSR count). The van der Waals surface area contributed by atoms with Crippen molar-refractivity contribution in [3.8, 4) is 0 Å². The molecule has 0 aromatic carbocycles. The first kappa shape index (κ1) is 14.7. The SMILES string of the molecule is CCCc1c(NN)ncnc1NCCN(C)CC. The number of nitrogens with zero attached hydrogens (tertiary/aromatic N) is 3. The quantitative estimate of drug-likeness (QED) is 0.474. The molecule has 1 aromatic heterocycles. The van der Waals surface area contributed by atoms with Crippen molar-refractivity contribution in [1.29, 1.82) is 0 Å². The van der Waals surface area contributed by atoms with E-state index in [0.29, 0.717) is 5.82 Å². The van der Waals surface area contributed by atoms with Gasteiger partial charge in [0.25, 0.3) is 0 Å². The molecule has 0 saturated carbocycles. The maximum Gasteiger partial charge on any atom is 0.148 e. The van der Waals surface area contributed by atoms with Gasteiger partial charge in [0, 0.05) is 18.7 Å². The first-order valence-corrected chi connectivity index (χ1v) is 6.45. The van der Waals surface area contributed by atoms with Gasteiger partial charge in [-0.2, -0.15) is 0 Å². The third-order valence-electron chi connectivity index (χ3n) is 2.91. The summed E-state index contributed by atoms with van der Waals surface area (Å²) in [5.74, 6) is 7.06. The highest BCUT2D eigenvalue weighted by Gasteiger charge is 2.09. The summed E-state index contributed by atoms with van der Waals surface area (Å²) in [7, 11) is 2.10. The monoisotopic (exact) mass is 252 g/mol. The predicted octanol–water partition coefficient (Wildman–Crippen LogP) is 1.08. The average molecular weight is 252 g/mol. The van der Waals surface area contributed by atoms with Crippen LogP contribution in [-0.4, -0.2) is 41.5 Å². The molecule has 1 heterocycles. The van der Waals surface area contributed by atoms with Crippen LogP contribution in [-0.2, 0) is 6.42 Å². The van der Waals surface area contributed by atoms with E-state index < -0.39 is 0 Å². The topological polar surface area (TPSA) is 79.1 Å². The lowest BCUT2D eigenvalue weighted by Crippen LogP contribution is -2.25. The van der Waals surface area contributed by atoms with Crippen LogP contribution in [0.1, 0.15) is 25.8 Å². The van der Waals surface area contributed by atoms with Crippen LogP contribution in [0.15, 0.2) is 6.33 Å². The van der Waals surface area contributed by atoms with Gasteiger partial charge >= 0.3 is 0 Å². The van der Waals surface area contributed by atoms with Gasteiger partial charge in [-0.15, -0.1) is 0 Å². The van der Waals surface area contributed by atoms with Gasteiger partial charge in [-0.3, -0.25) is 0 Å². The number of nitrogens with two attached hydrogens (primary N) is 1. The molecule has 0 aliphatic rings. The summed E-state index contributed by atoms with van der Waals surface area (Å²) in [4.78, 5) is 10.7. The second-order valence-corrected chi connectivity index (χ2v) is 4.27. The maximum absolute atomic E-state index is 5.47. The van der Waals surface area contributed by atoms with Crippen molar-refractivity contribution in [3.05, 3.63) is 11.9 Å². The molecule has 18 heavy (non-hydrogen) atoms. The maximum atomic E-state index is 5.47. The molecule has 0 saturated heterocycles. The summed E-state index contributed by atoms with van der Waals surface area (Å²) in [6, 6.07) is 0. The molecule has 0 radical (unpaired) electrons. The van der Waals surface area contributed by atoms with E-state index in [-0.39, 0.29) is 0 Å². The van der Waals surface area contributed by atoms with Crippen molar-refractivity contribution >= 4 is 11.6 Å². The minimum absolute atomic E-state index is 0.707. The number of hydrogen-bond acceptors (Lipinski definition) is 6. The number of aromatic nitrogens is 2. The largest absolute Gasteiger partial charge is 0.368 e. The van der Waals surface area contributed by atoms with Crippen LogP contribution in [0.25, 0.3) is 0 Å². The zero-order chi connectivity index (χ0) is 13.4. The van der Waals surface area contributed by atoms with Crippen molar-refractivity contribution in [2.45, 2.75) is 26.7 Å². The molecule has 6 nitrogen and oxygen atoms in total. The van der Waals surface area contributed by atoms with Crippen LogP contribution < -0.4 is 16.6 Å². The van der Waals surface area contributed by atoms with Crippen LogP contribution in [0.4, 0.5) is 11.6 Å². The van der Waals surface area contributed by atoms with Gasteiger partial charge in [-0.25, -0.2) is 15.8 Å². The van der Waals surface area contributed by atoms with E-state index in [1.54, 1.807) is 0 Å². The van der Waals surface area contributed by atoms with Crippen molar-refractivity contribution in [2.75, 3.05) is 37.4 Å². The summed E-state index contributed by atoms with van der Waals surface area (Å²) in [6.07, 6.45) is 3.47. The van der Waals surface area contributed by atoms with Gasteiger partial charge in [-0.05, 0) is 20.0 Å². The third kappa shape index (κ3) is 4.12. The number of hydrogen-bond donors (Lipinski definition) is 3. The van der Waals surface area contributed by atoms with Gasteiger partial charge in [0.15, 0.2) is 0 Å². The Hall–Kier alpha value is -1.40. The van der Waals surface area contributed by atoms with E-state index in [9.17, 15) is 0 Å². The Morgan fingerprint density at radius 3 is 2.61 bits per heavy atom. The van der Waals surface area contributed by atoms with Gasteiger partial charge < -0.3 is 15.6 Å². The van der Waals surface area contributed by atoms with Gasteiger partial charge in [0.2, 0.25) is 0 Å². The standard InChI is InChI=1S/C12H24N6/c1-4-6-10-11(14-7-8-18(3)5-2)15-9-16-12(10)17-13/h9H,4-8,13H2,1-3H3,(H2,14,15,16,17). The summed E-state index contributed by atoms with van der Waals surface area (Å²) in [5.41, 5.74) is 3.69. The highest BCUT2D eigenvalue weighted by molar-refractivity contribution is 5.56. The summed E-state index contributed by atoms with van der Waals surface area (Å²) < 4.78 is 0. The zero-order valence-corrected chi connectivity index (χ0v) is 11.5. The van der Waals surface area contributed by atoms with Crippen LogP contribution in [0.3, 0.4) is 0 Å². The minimum atomic E-state index is 0.707. The van der Waals surface area contributed by atoms with E-state index in [0.717, 1.165) is 43.9 Å². The van der Waals surface area contributed by atoms with E-state index in [4.69, 9.17) is 5.84 Å². The van der Waals surface area contributed by atoms with E-state index in [1.165, 1.54) is 6.33 Å². The van der Waals surface area contributed by atoms with Gasteiger partial charge in [0.05, 0.1) is 0 Å². The van der Waals surface area contributed by atoms with Crippen molar-refractivity contribution in [1.82, 2.24) is 14.9 Å². The molecule has 0 spiro atoms. The Bertz CT molecular complexity index is 354. The number of likely N-dealkylation sites (N-methyl/N-ethyl adjacent to an activating group) is 1. The van der Waals surface area contributed by atoms with Crippen LogP contribution >= 0.6 is 0 Å². The smallest absolute Gasteiger partial charge is 0.148 e. The number of rotatable bonds is 8. The lowest BCUT2D eigenvalue weighted by molar-refractivity contribution is 0.367. The highest BCUT2D eigenvalue weighted by Crippen LogP contribution is 2.20. The summed E-state index contributed by atoms with van der Waals surface area (Å²) in [5, 5.41) is 3.35.